The molecule has 0 saturated carbocycles. The topological polar surface area (TPSA) is 81.0 Å². The summed E-state index contributed by atoms with van der Waals surface area (Å²) in [5, 5.41) is 0.609. The van der Waals surface area contributed by atoms with Crippen LogP contribution in [-0.4, -0.2) is 43.0 Å². The molecule has 0 N–H and O–H groups in total. The highest BCUT2D eigenvalue weighted by Crippen LogP contribution is 2.25. The van der Waals surface area contributed by atoms with Crippen molar-refractivity contribution in [3.8, 4) is 0 Å². The average Bonchev–Trinajstić information content (AvgIpc) is 3.24. The molecule has 1 aliphatic heterocycles. The van der Waals surface area contributed by atoms with Crippen molar-refractivity contribution < 1.29 is 17.9 Å². The summed E-state index contributed by atoms with van der Waals surface area (Å²) >= 11 is 7.54. The lowest BCUT2D eigenvalue weighted by molar-refractivity contribution is 0.0996. The number of thiazole rings is 1. The minimum Gasteiger partial charge on any atom is -0.380 e. The molecule has 0 saturated heterocycles. The Bertz CT molecular complexity index is 1630. The maximum Gasteiger partial charge on any atom is 0.279 e. The van der Waals surface area contributed by atoms with Gasteiger partial charge in [-0.1, -0.05) is 47.2 Å². The van der Waals surface area contributed by atoms with Gasteiger partial charge in [-0.15, -0.1) is 0 Å². The summed E-state index contributed by atoms with van der Waals surface area (Å²) in [5.41, 5.74) is 3.43. The SMILES string of the molecule is CCOCCn1c(=NC(=O)c2ccc(S(=O)(=O)N3CCc4ccccc4C3)cc2)sc2cc(Cl)ccc21. The fourth-order valence-electron chi connectivity index (χ4n) is 4.39. The molecule has 3 aromatic carbocycles. The molecule has 0 bridgehead atoms. The second-order valence-corrected chi connectivity index (χ2v) is 12.0. The minimum absolute atomic E-state index is 0.159. The van der Waals surface area contributed by atoms with Crippen molar-refractivity contribution in [3.05, 3.63) is 93.2 Å². The predicted octanol–water partition coefficient (Wildman–Crippen LogP) is 4.88. The summed E-state index contributed by atoms with van der Waals surface area (Å²) < 4.78 is 36.4. The first kappa shape index (κ1) is 25.8. The van der Waals surface area contributed by atoms with E-state index in [0.717, 1.165) is 15.8 Å². The fourth-order valence-corrected chi connectivity index (χ4v) is 7.14. The molecule has 0 unspecified atom stereocenters. The molecule has 0 atom stereocenters. The number of nitrogens with zero attached hydrogens (tertiary/aromatic N) is 3. The zero-order chi connectivity index (χ0) is 26.0. The summed E-state index contributed by atoms with van der Waals surface area (Å²) in [6, 6.07) is 19.4. The van der Waals surface area contributed by atoms with Gasteiger partial charge in [0, 0.05) is 36.8 Å². The van der Waals surface area contributed by atoms with Crippen LogP contribution in [0.3, 0.4) is 0 Å². The number of halogens is 1. The van der Waals surface area contributed by atoms with E-state index in [1.165, 1.54) is 45.5 Å². The van der Waals surface area contributed by atoms with Gasteiger partial charge in [-0.3, -0.25) is 4.79 Å². The number of benzene rings is 3. The number of hydrogen-bond donors (Lipinski definition) is 0. The van der Waals surface area contributed by atoms with E-state index in [-0.39, 0.29) is 4.90 Å². The molecular formula is C27H26ClN3O4S2. The molecular weight excluding hydrogens is 530 g/mol. The van der Waals surface area contributed by atoms with E-state index in [0.29, 0.717) is 54.7 Å². The number of amides is 1. The molecule has 0 aliphatic carbocycles. The smallest absolute Gasteiger partial charge is 0.279 e. The van der Waals surface area contributed by atoms with Crippen LogP contribution < -0.4 is 4.80 Å². The van der Waals surface area contributed by atoms with Gasteiger partial charge >= 0.3 is 0 Å². The molecule has 4 aromatic rings. The summed E-state index contributed by atoms with van der Waals surface area (Å²) in [6.07, 6.45) is 0.675. The third-order valence-corrected chi connectivity index (χ3v) is 9.48. The Morgan fingerprint density at radius 3 is 2.59 bits per heavy atom. The van der Waals surface area contributed by atoms with E-state index in [9.17, 15) is 13.2 Å². The number of ether oxygens (including phenoxy) is 1. The monoisotopic (exact) mass is 555 g/mol. The quantitative estimate of drug-likeness (QED) is 0.304. The molecule has 10 heteroatoms. The molecule has 2 heterocycles. The van der Waals surface area contributed by atoms with Crippen LogP contribution in [0.15, 0.2) is 76.6 Å². The highest BCUT2D eigenvalue weighted by atomic mass is 35.5. The number of carbonyl (C=O) groups excluding carboxylic acids is 1. The average molecular weight is 556 g/mol. The van der Waals surface area contributed by atoms with Crippen molar-refractivity contribution >= 4 is 49.1 Å². The van der Waals surface area contributed by atoms with Crippen molar-refractivity contribution in [1.29, 1.82) is 0 Å². The first-order valence-corrected chi connectivity index (χ1v) is 14.6. The van der Waals surface area contributed by atoms with Crippen LogP contribution in [0.5, 0.6) is 0 Å². The zero-order valence-corrected chi connectivity index (χ0v) is 22.7. The van der Waals surface area contributed by atoms with Gasteiger partial charge in [0.05, 0.1) is 21.7 Å². The molecule has 192 valence electrons. The van der Waals surface area contributed by atoms with Crippen LogP contribution in [0.2, 0.25) is 5.02 Å². The highest BCUT2D eigenvalue weighted by Gasteiger charge is 2.28. The van der Waals surface area contributed by atoms with Crippen LogP contribution in [-0.2, 0) is 34.3 Å². The molecule has 7 nitrogen and oxygen atoms in total. The van der Waals surface area contributed by atoms with Crippen LogP contribution in [0.4, 0.5) is 0 Å². The second-order valence-electron chi connectivity index (χ2n) is 8.64. The van der Waals surface area contributed by atoms with Gasteiger partial charge in [-0.2, -0.15) is 9.30 Å². The lowest BCUT2D eigenvalue weighted by Crippen LogP contribution is -2.35. The molecule has 5 rings (SSSR count). The van der Waals surface area contributed by atoms with Crippen LogP contribution >= 0.6 is 22.9 Å². The molecule has 1 aliphatic rings. The Hall–Kier alpha value is -2.82. The molecule has 1 amide bonds. The van der Waals surface area contributed by atoms with Crippen molar-refractivity contribution in [3.63, 3.8) is 0 Å². The Morgan fingerprint density at radius 2 is 1.84 bits per heavy atom. The molecule has 0 radical (unpaired) electrons. The summed E-state index contributed by atoms with van der Waals surface area (Å²) in [4.78, 5) is 18.1. The van der Waals surface area contributed by atoms with E-state index in [2.05, 4.69) is 4.99 Å². The van der Waals surface area contributed by atoms with E-state index in [1.54, 1.807) is 6.07 Å². The predicted molar refractivity (Wildman–Crippen MR) is 145 cm³/mol. The van der Waals surface area contributed by atoms with Crippen LogP contribution in [0, 0.1) is 0 Å². The number of carbonyl (C=O) groups is 1. The van der Waals surface area contributed by atoms with Crippen LogP contribution in [0.25, 0.3) is 10.2 Å². The summed E-state index contributed by atoms with van der Waals surface area (Å²) in [7, 11) is -3.68. The third kappa shape index (κ3) is 5.42. The maximum atomic E-state index is 13.3. The zero-order valence-electron chi connectivity index (χ0n) is 20.3. The van der Waals surface area contributed by atoms with E-state index >= 15 is 0 Å². The lowest BCUT2D eigenvalue weighted by Gasteiger charge is -2.28. The van der Waals surface area contributed by atoms with Gasteiger partial charge in [0.25, 0.3) is 5.91 Å². The summed E-state index contributed by atoms with van der Waals surface area (Å²) in [5.74, 6) is -0.446. The van der Waals surface area contributed by atoms with Gasteiger partial charge in [0.1, 0.15) is 0 Å². The number of aromatic nitrogens is 1. The van der Waals surface area contributed by atoms with Gasteiger partial charge in [0.15, 0.2) is 4.80 Å². The maximum absolute atomic E-state index is 13.3. The minimum atomic E-state index is -3.68. The van der Waals surface area contributed by atoms with Gasteiger partial charge in [-0.05, 0) is 66.9 Å². The van der Waals surface area contributed by atoms with E-state index in [4.69, 9.17) is 16.3 Å². The highest BCUT2D eigenvalue weighted by molar-refractivity contribution is 7.89. The standard InChI is InChI=1S/C27H26ClN3O4S2/c1-2-35-16-15-31-24-12-9-22(28)17-25(24)36-27(31)29-26(32)20-7-10-23(11-8-20)37(33,34)30-14-13-19-5-3-4-6-21(19)18-30/h3-12,17H,2,13-16,18H2,1H3. The first-order valence-electron chi connectivity index (χ1n) is 12.0. The Labute approximate surface area is 224 Å². The van der Waals surface area contributed by atoms with Crippen molar-refractivity contribution in [2.75, 3.05) is 19.8 Å². The fraction of sp³-hybridized carbons (Fsp3) is 0.259. The van der Waals surface area contributed by atoms with Crippen molar-refractivity contribution in [1.82, 2.24) is 8.87 Å². The normalized spacial score (nSPS) is 14.7. The van der Waals surface area contributed by atoms with E-state index in [1.807, 2.05) is 47.9 Å². The Morgan fingerprint density at radius 1 is 1.08 bits per heavy atom. The Kier molecular flexibility index (Phi) is 7.60. The molecule has 1 aromatic heterocycles. The number of rotatable bonds is 7. The molecule has 0 fully saturated rings. The Balaban J connectivity index is 1.40. The van der Waals surface area contributed by atoms with Gasteiger partial charge < -0.3 is 9.30 Å². The number of sulfonamides is 1. The van der Waals surface area contributed by atoms with Crippen molar-refractivity contribution in [2.45, 2.75) is 31.3 Å². The number of fused-ring (bicyclic) bond motifs is 2. The van der Waals surface area contributed by atoms with Crippen molar-refractivity contribution in [2.24, 2.45) is 4.99 Å². The van der Waals surface area contributed by atoms with Crippen LogP contribution in [0.1, 0.15) is 28.4 Å². The summed E-state index contributed by atoms with van der Waals surface area (Å²) in [6.45, 7) is 4.31. The molecule has 0 spiro atoms. The lowest BCUT2D eigenvalue weighted by atomic mass is 10.0. The van der Waals surface area contributed by atoms with Gasteiger partial charge in [-0.25, -0.2) is 8.42 Å². The second kappa shape index (κ2) is 10.9. The third-order valence-electron chi connectivity index (χ3n) is 6.34. The largest absolute Gasteiger partial charge is 0.380 e. The van der Waals surface area contributed by atoms with E-state index < -0.39 is 15.9 Å². The first-order chi connectivity index (χ1) is 17.9. The molecule has 37 heavy (non-hydrogen) atoms. The van der Waals surface area contributed by atoms with Gasteiger partial charge in [0.2, 0.25) is 10.0 Å². The number of hydrogen-bond acceptors (Lipinski definition) is 5.